The van der Waals surface area contributed by atoms with E-state index in [9.17, 15) is 14.4 Å². The molecule has 138 valence electrons. The Bertz CT molecular complexity index is 1360. The van der Waals surface area contributed by atoms with Crippen molar-refractivity contribution < 1.29 is 9.59 Å². The molecule has 0 spiro atoms. The van der Waals surface area contributed by atoms with Gasteiger partial charge in [-0.05, 0) is 23.6 Å². The van der Waals surface area contributed by atoms with Crippen molar-refractivity contribution in [3.8, 4) is 10.6 Å². The third kappa shape index (κ3) is 2.37. The molecule has 0 radical (unpaired) electrons. The number of aromatic nitrogens is 3. The molecule has 2 amide bonds. The Balaban J connectivity index is 1.72. The fourth-order valence-electron chi connectivity index (χ4n) is 2.90. The first-order chi connectivity index (χ1) is 13.5. The molecule has 0 N–H and O–H groups in total. The molecule has 0 saturated carbocycles. The summed E-state index contributed by atoms with van der Waals surface area (Å²) >= 11 is 14.5. The predicted octanol–water partition coefficient (Wildman–Crippen LogP) is 3.99. The molecule has 7 nitrogen and oxygen atoms in total. The summed E-state index contributed by atoms with van der Waals surface area (Å²) in [6.07, 6.45) is 0. The second-order valence-electron chi connectivity index (χ2n) is 5.74. The molecule has 0 unspecified atom stereocenters. The van der Waals surface area contributed by atoms with E-state index in [0.29, 0.717) is 4.88 Å². The summed E-state index contributed by atoms with van der Waals surface area (Å²) in [5.41, 5.74) is -0.163. The van der Waals surface area contributed by atoms with E-state index < -0.39 is 17.4 Å². The number of carbonyl (C=O) groups is 2. The lowest BCUT2D eigenvalue weighted by Gasteiger charge is -2.16. The third-order valence-corrected chi connectivity index (χ3v) is 6.84. The lowest BCUT2D eigenvalue weighted by Crippen LogP contribution is -2.30. The highest BCUT2D eigenvalue weighted by molar-refractivity contribution is 7.19. The molecule has 0 fully saturated rings. The molecule has 0 atom stereocenters. The number of thiophene rings is 1. The first-order valence-electron chi connectivity index (χ1n) is 7.78. The lowest BCUT2D eigenvalue weighted by molar-refractivity contribution is 0.0924. The Kier molecular flexibility index (Phi) is 3.88. The number of fused-ring (bicyclic) bond motifs is 3. The van der Waals surface area contributed by atoms with Crippen LogP contribution >= 0.6 is 45.9 Å². The quantitative estimate of drug-likeness (QED) is 0.432. The van der Waals surface area contributed by atoms with Crippen molar-refractivity contribution in [2.24, 2.45) is 0 Å². The Morgan fingerprint density at radius 3 is 2.57 bits per heavy atom. The third-order valence-electron chi connectivity index (χ3n) is 4.13. The van der Waals surface area contributed by atoms with Gasteiger partial charge in [0.15, 0.2) is 11.4 Å². The van der Waals surface area contributed by atoms with E-state index in [4.69, 9.17) is 23.2 Å². The average Bonchev–Trinajstić information content (AvgIpc) is 3.36. The molecule has 0 bridgehead atoms. The van der Waals surface area contributed by atoms with Gasteiger partial charge in [-0.3, -0.25) is 14.4 Å². The minimum absolute atomic E-state index is 0.0475. The Hall–Kier alpha value is -2.59. The molecular formula is C17H6Cl2N4O3S2. The Labute approximate surface area is 174 Å². The lowest BCUT2D eigenvalue weighted by atomic mass is 10.3. The molecule has 11 heteroatoms. The van der Waals surface area contributed by atoms with Crippen LogP contribution in [0.1, 0.15) is 20.2 Å². The van der Waals surface area contributed by atoms with Crippen LogP contribution in [0.15, 0.2) is 40.5 Å². The van der Waals surface area contributed by atoms with Crippen molar-refractivity contribution in [2.45, 2.75) is 0 Å². The zero-order valence-corrected chi connectivity index (χ0v) is 16.7. The maximum atomic E-state index is 13.1. The van der Waals surface area contributed by atoms with Crippen LogP contribution in [-0.2, 0) is 0 Å². The Morgan fingerprint density at radius 2 is 1.82 bits per heavy atom. The highest BCUT2D eigenvalue weighted by Gasteiger charge is 2.42. The largest absolute Gasteiger partial charge is 0.301 e. The summed E-state index contributed by atoms with van der Waals surface area (Å²) in [5, 5.41) is 6.44. The van der Waals surface area contributed by atoms with Crippen LogP contribution in [-0.4, -0.2) is 26.4 Å². The predicted molar refractivity (Wildman–Crippen MR) is 108 cm³/mol. The van der Waals surface area contributed by atoms with Crippen molar-refractivity contribution in [2.75, 3.05) is 4.90 Å². The first-order valence-corrected chi connectivity index (χ1v) is 10.2. The van der Waals surface area contributed by atoms with Crippen LogP contribution in [0.5, 0.6) is 0 Å². The topological polar surface area (TPSA) is 84.6 Å². The van der Waals surface area contributed by atoms with Crippen molar-refractivity contribution in [1.29, 1.82) is 0 Å². The van der Waals surface area contributed by atoms with Crippen LogP contribution in [0.3, 0.4) is 0 Å². The smallest absolute Gasteiger partial charge is 0.267 e. The highest BCUT2D eigenvalue weighted by atomic mass is 35.5. The number of nitrogens with zero attached hydrogens (tertiary/aromatic N) is 4. The number of carbonyl (C=O) groups excluding carboxylic acids is 2. The molecule has 4 aromatic rings. The van der Waals surface area contributed by atoms with Crippen molar-refractivity contribution >= 4 is 68.3 Å². The van der Waals surface area contributed by atoms with E-state index >= 15 is 0 Å². The van der Waals surface area contributed by atoms with Crippen LogP contribution in [0.2, 0.25) is 10.0 Å². The van der Waals surface area contributed by atoms with E-state index in [1.807, 2.05) is 0 Å². The maximum absolute atomic E-state index is 13.1. The fourth-order valence-corrected chi connectivity index (χ4v) is 4.96. The SMILES string of the molecule is O=C1c2sc3nc(=O)c(-c4cccs4)nn3c2C(=O)N1c1cccc(Cl)c1Cl. The van der Waals surface area contributed by atoms with Crippen LogP contribution in [0.25, 0.3) is 15.5 Å². The zero-order chi connectivity index (χ0) is 19.6. The standard InChI is InChI=1S/C17H6Cl2N4O3S2/c18-7-3-1-4-8(10(7)19)22-15(25)12-13(16(22)26)28-17-20-14(24)11(21-23(12)17)9-5-2-6-27-9/h1-6H. The fraction of sp³-hybridized carbons (Fsp3) is 0. The summed E-state index contributed by atoms with van der Waals surface area (Å²) in [7, 11) is 0. The van der Waals surface area contributed by atoms with E-state index in [1.54, 1.807) is 29.6 Å². The van der Waals surface area contributed by atoms with Gasteiger partial charge in [-0.2, -0.15) is 14.6 Å². The molecule has 4 heterocycles. The molecule has 28 heavy (non-hydrogen) atoms. The number of hydrogen-bond acceptors (Lipinski definition) is 7. The van der Waals surface area contributed by atoms with Gasteiger partial charge in [0, 0.05) is 0 Å². The van der Waals surface area contributed by atoms with E-state index in [0.717, 1.165) is 16.2 Å². The minimum Gasteiger partial charge on any atom is -0.267 e. The van der Waals surface area contributed by atoms with Gasteiger partial charge in [-0.1, -0.05) is 46.7 Å². The number of thiazole rings is 1. The van der Waals surface area contributed by atoms with Crippen molar-refractivity contribution in [1.82, 2.24) is 14.6 Å². The number of imide groups is 1. The number of benzene rings is 1. The second-order valence-corrected chi connectivity index (χ2v) is 8.45. The Morgan fingerprint density at radius 1 is 1.00 bits per heavy atom. The van der Waals surface area contributed by atoms with Crippen molar-refractivity contribution in [3.05, 3.63) is 66.7 Å². The first kappa shape index (κ1) is 17.5. The average molecular weight is 449 g/mol. The molecule has 5 rings (SSSR count). The number of amides is 2. The molecule has 0 aliphatic carbocycles. The summed E-state index contributed by atoms with van der Waals surface area (Å²) in [6, 6.07) is 8.21. The maximum Gasteiger partial charge on any atom is 0.301 e. The highest BCUT2D eigenvalue weighted by Crippen LogP contribution is 2.39. The van der Waals surface area contributed by atoms with Crippen LogP contribution in [0, 0.1) is 0 Å². The van der Waals surface area contributed by atoms with E-state index in [-0.39, 0.29) is 37.0 Å². The van der Waals surface area contributed by atoms with Gasteiger partial charge in [-0.25, -0.2) is 4.90 Å². The molecule has 1 aromatic carbocycles. The van der Waals surface area contributed by atoms with Gasteiger partial charge < -0.3 is 0 Å². The molecule has 1 aliphatic heterocycles. The normalized spacial score (nSPS) is 13.6. The molecule has 3 aromatic heterocycles. The summed E-state index contributed by atoms with van der Waals surface area (Å²) < 4.78 is 1.25. The van der Waals surface area contributed by atoms with Gasteiger partial charge in [0.05, 0.1) is 20.6 Å². The molecule has 0 saturated heterocycles. The van der Waals surface area contributed by atoms with Gasteiger partial charge in [-0.15, -0.1) is 11.3 Å². The van der Waals surface area contributed by atoms with Crippen molar-refractivity contribution in [3.63, 3.8) is 0 Å². The summed E-state index contributed by atoms with van der Waals surface area (Å²) in [5.74, 6) is -1.17. The van der Waals surface area contributed by atoms with Gasteiger partial charge in [0.2, 0.25) is 4.96 Å². The monoisotopic (exact) mass is 448 g/mol. The summed E-state index contributed by atoms with van der Waals surface area (Å²) in [4.78, 5) is 44.2. The van der Waals surface area contributed by atoms with Gasteiger partial charge >= 0.3 is 5.56 Å². The number of anilines is 1. The minimum atomic E-state index is -0.606. The number of hydrogen-bond donors (Lipinski definition) is 0. The number of rotatable bonds is 2. The number of halogens is 2. The van der Waals surface area contributed by atoms with E-state index in [2.05, 4.69) is 10.1 Å². The van der Waals surface area contributed by atoms with E-state index in [1.165, 1.54) is 21.9 Å². The zero-order valence-electron chi connectivity index (χ0n) is 13.6. The summed E-state index contributed by atoms with van der Waals surface area (Å²) in [6.45, 7) is 0. The van der Waals surface area contributed by atoms with Crippen LogP contribution < -0.4 is 10.5 Å². The van der Waals surface area contributed by atoms with Crippen LogP contribution in [0.4, 0.5) is 5.69 Å². The molecule has 1 aliphatic rings. The van der Waals surface area contributed by atoms with Gasteiger partial charge in [0.25, 0.3) is 11.8 Å². The second kappa shape index (κ2) is 6.21. The van der Waals surface area contributed by atoms with Gasteiger partial charge in [0.1, 0.15) is 4.88 Å². The molecular weight excluding hydrogens is 443 g/mol.